The van der Waals surface area contributed by atoms with Crippen molar-refractivity contribution in [2.45, 2.75) is 31.8 Å². The molecular weight excluding hydrogens is 206 g/mol. The maximum Gasteiger partial charge on any atom is 0.223 e. The highest BCUT2D eigenvalue weighted by molar-refractivity contribution is 5.78. The molecule has 0 aromatic carbocycles. The number of hydrogen-bond acceptors (Lipinski definition) is 3. The van der Waals surface area contributed by atoms with Gasteiger partial charge in [0.15, 0.2) is 0 Å². The molecule has 1 amide bonds. The molecule has 0 spiro atoms. The van der Waals surface area contributed by atoms with E-state index in [1.165, 1.54) is 0 Å². The molecule has 1 aliphatic rings. The number of methoxy groups -OCH3 is 1. The normalized spacial score (nSPS) is 21.8. The van der Waals surface area contributed by atoms with Crippen LogP contribution < -0.4 is 5.32 Å². The van der Waals surface area contributed by atoms with Crippen LogP contribution in [0.4, 0.5) is 0 Å². The predicted octanol–water partition coefficient (Wildman–Crippen LogP) is 0.856. The van der Waals surface area contributed by atoms with Crippen molar-refractivity contribution in [1.82, 2.24) is 5.32 Å². The Balaban J connectivity index is 2.12. The molecule has 0 aliphatic heterocycles. The van der Waals surface area contributed by atoms with Crippen LogP contribution >= 0.6 is 0 Å². The molecule has 1 aliphatic carbocycles. The SMILES string of the molecule is COCC(O)CCNC(=O)C1CC=CCC1. The van der Waals surface area contributed by atoms with E-state index in [-0.39, 0.29) is 11.8 Å². The molecule has 0 aromatic rings. The van der Waals surface area contributed by atoms with Crippen LogP contribution in [0.5, 0.6) is 0 Å². The lowest BCUT2D eigenvalue weighted by atomic mass is 9.94. The summed E-state index contributed by atoms with van der Waals surface area (Å²) in [6.45, 7) is 0.839. The van der Waals surface area contributed by atoms with Crippen LogP contribution in [-0.4, -0.2) is 37.4 Å². The van der Waals surface area contributed by atoms with Crippen molar-refractivity contribution in [2.24, 2.45) is 5.92 Å². The highest BCUT2D eigenvalue weighted by atomic mass is 16.5. The molecular formula is C12H21NO3. The Morgan fingerprint density at radius 3 is 3.06 bits per heavy atom. The molecule has 0 radical (unpaired) electrons. The van der Waals surface area contributed by atoms with Gasteiger partial charge < -0.3 is 15.2 Å². The molecule has 0 bridgehead atoms. The van der Waals surface area contributed by atoms with Gasteiger partial charge >= 0.3 is 0 Å². The lowest BCUT2D eigenvalue weighted by Crippen LogP contribution is -2.33. The number of nitrogens with one attached hydrogen (secondary N) is 1. The second kappa shape index (κ2) is 7.41. The molecule has 4 nitrogen and oxygen atoms in total. The molecule has 1 rings (SSSR count). The number of hydrogen-bond donors (Lipinski definition) is 2. The van der Waals surface area contributed by atoms with E-state index in [9.17, 15) is 9.90 Å². The Morgan fingerprint density at radius 1 is 1.62 bits per heavy atom. The van der Waals surface area contributed by atoms with Crippen LogP contribution in [-0.2, 0) is 9.53 Å². The summed E-state index contributed by atoms with van der Waals surface area (Å²) in [5, 5.41) is 12.2. The Kier molecular flexibility index (Phi) is 6.11. The number of carbonyl (C=O) groups is 1. The van der Waals surface area contributed by atoms with Crippen molar-refractivity contribution in [2.75, 3.05) is 20.3 Å². The van der Waals surface area contributed by atoms with Gasteiger partial charge in [0.05, 0.1) is 12.7 Å². The number of rotatable bonds is 6. The minimum absolute atomic E-state index is 0.106. The first kappa shape index (κ1) is 13.2. The fourth-order valence-electron chi connectivity index (χ4n) is 1.81. The zero-order valence-corrected chi connectivity index (χ0v) is 9.82. The van der Waals surface area contributed by atoms with Gasteiger partial charge in [-0.2, -0.15) is 0 Å². The summed E-state index contributed by atoms with van der Waals surface area (Å²) in [7, 11) is 1.55. The lowest BCUT2D eigenvalue weighted by molar-refractivity contribution is -0.125. The maximum absolute atomic E-state index is 11.7. The molecule has 0 saturated carbocycles. The fourth-order valence-corrected chi connectivity index (χ4v) is 1.81. The third-order valence-corrected chi connectivity index (χ3v) is 2.78. The minimum Gasteiger partial charge on any atom is -0.391 e. The monoisotopic (exact) mass is 227 g/mol. The van der Waals surface area contributed by atoms with E-state index in [2.05, 4.69) is 17.5 Å². The molecule has 2 atom stereocenters. The van der Waals surface area contributed by atoms with E-state index in [0.29, 0.717) is 19.6 Å². The average Bonchev–Trinajstić information content (AvgIpc) is 2.30. The van der Waals surface area contributed by atoms with Gasteiger partial charge in [0.25, 0.3) is 0 Å². The molecule has 4 heteroatoms. The van der Waals surface area contributed by atoms with Gasteiger partial charge in [0.1, 0.15) is 0 Å². The van der Waals surface area contributed by atoms with E-state index >= 15 is 0 Å². The first-order valence-electron chi connectivity index (χ1n) is 5.83. The Hall–Kier alpha value is -0.870. The van der Waals surface area contributed by atoms with Gasteiger partial charge in [-0.1, -0.05) is 12.2 Å². The lowest BCUT2D eigenvalue weighted by Gasteiger charge is -2.17. The number of allylic oxidation sites excluding steroid dienone is 2. The third-order valence-electron chi connectivity index (χ3n) is 2.78. The first-order valence-corrected chi connectivity index (χ1v) is 5.83. The number of amides is 1. The van der Waals surface area contributed by atoms with E-state index < -0.39 is 6.10 Å². The summed E-state index contributed by atoms with van der Waals surface area (Å²) in [5.74, 6) is 0.221. The quantitative estimate of drug-likeness (QED) is 0.662. The van der Waals surface area contributed by atoms with E-state index in [1.54, 1.807) is 7.11 Å². The summed E-state index contributed by atoms with van der Waals surface area (Å²) in [4.78, 5) is 11.7. The van der Waals surface area contributed by atoms with E-state index in [0.717, 1.165) is 19.3 Å². The fraction of sp³-hybridized carbons (Fsp3) is 0.750. The minimum atomic E-state index is -0.489. The summed E-state index contributed by atoms with van der Waals surface area (Å²) in [6, 6.07) is 0. The van der Waals surface area contributed by atoms with Gasteiger partial charge in [-0.25, -0.2) is 0 Å². The summed E-state index contributed by atoms with van der Waals surface area (Å²) < 4.78 is 4.81. The van der Waals surface area contributed by atoms with Crippen molar-refractivity contribution in [1.29, 1.82) is 0 Å². The molecule has 16 heavy (non-hydrogen) atoms. The maximum atomic E-state index is 11.7. The zero-order chi connectivity index (χ0) is 11.8. The first-order chi connectivity index (χ1) is 7.74. The molecule has 0 heterocycles. The Morgan fingerprint density at radius 2 is 2.44 bits per heavy atom. The van der Waals surface area contributed by atoms with Gasteiger partial charge in [-0.15, -0.1) is 0 Å². The van der Waals surface area contributed by atoms with Crippen LogP contribution in [0.2, 0.25) is 0 Å². The Bertz CT molecular complexity index is 240. The van der Waals surface area contributed by atoms with Crippen molar-refractivity contribution >= 4 is 5.91 Å². The number of ether oxygens (including phenoxy) is 1. The number of aliphatic hydroxyl groups is 1. The van der Waals surface area contributed by atoms with Crippen LogP contribution in [0.1, 0.15) is 25.7 Å². The molecule has 2 N–H and O–H groups in total. The van der Waals surface area contributed by atoms with Crippen molar-refractivity contribution in [3.8, 4) is 0 Å². The van der Waals surface area contributed by atoms with Crippen molar-refractivity contribution in [3.05, 3.63) is 12.2 Å². The molecule has 0 aromatic heterocycles. The van der Waals surface area contributed by atoms with Crippen LogP contribution in [0.25, 0.3) is 0 Å². The summed E-state index contributed by atoms with van der Waals surface area (Å²) in [5.41, 5.74) is 0. The largest absolute Gasteiger partial charge is 0.391 e. The summed E-state index contributed by atoms with van der Waals surface area (Å²) >= 11 is 0. The Labute approximate surface area is 96.7 Å². The second-order valence-electron chi connectivity index (χ2n) is 4.17. The van der Waals surface area contributed by atoms with Crippen LogP contribution in [0.3, 0.4) is 0 Å². The highest BCUT2D eigenvalue weighted by Gasteiger charge is 2.18. The van der Waals surface area contributed by atoms with Gasteiger partial charge in [0.2, 0.25) is 5.91 Å². The van der Waals surface area contributed by atoms with Crippen LogP contribution in [0.15, 0.2) is 12.2 Å². The number of aliphatic hydroxyl groups excluding tert-OH is 1. The molecule has 2 unspecified atom stereocenters. The highest BCUT2D eigenvalue weighted by Crippen LogP contribution is 2.17. The topological polar surface area (TPSA) is 58.6 Å². The molecule has 0 saturated heterocycles. The third kappa shape index (κ3) is 4.77. The zero-order valence-electron chi connectivity index (χ0n) is 9.82. The van der Waals surface area contributed by atoms with E-state index in [1.807, 2.05) is 0 Å². The van der Waals surface area contributed by atoms with Gasteiger partial charge in [0, 0.05) is 19.6 Å². The predicted molar refractivity (Wildman–Crippen MR) is 62.0 cm³/mol. The average molecular weight is 227 g/mol. The van der Waals surface area contributed by atoms with E-state index in [4.69, 9.17) is 4.74 Å². The summed E-state index contributed by atoms with van der Waals surface area (Å²) in [6.07, 6.45) is 7.00. The molecule has 0 fully saturated rings. The van der Waals surface area contributed by atoms with Gasteiger partial charge in [-0.05, 0) is 25.7 Å². The molecule has 92 valence electrons. The standard InChI is InChI=1S/C12H21NO3/c1-16-9-11(14)7-8-13-12(15)10-5-3-2-4-6-10/h2-3,10-11,14H,4-9H2,1H3,(H,13,15). The second-order valence-corrected chi connectivity index (χ2v) is 4.17. The van der Waals surface area contributed by atoms with Crippen LogP contribution in [0, 0.1) is 5.92 Å². The van der Waals surface area contributed by atoms with Crippen molar-refractivity contribution in [3.63, 3.8) is 0 Å². The van der Waals surface area contributed by atoms with Gasteiger partial charge in [-0.3, -0.25) is 4.79 Å². The smallest absolute Gasteiger partial charge is 0.223 e. The number of carbonyl (C=O) groups excluding carboxylic acids is 1. The van der Waals surface area contributed by atoms with Crippen molar-refractivity contribution < 1.29 is 14.6 Å².